The first-order chi connectivity index (χ1) is 11.1. The molecule has 0 aliphatic heterocycles. The van der Waals surface area contributed by atoms with Gasteiger partial charge in [-0.25, -0.2) is 9.18 Å². The average Bonchev–Trinajstić information content (AvgIpc) is 3.34. The third-order valence-electron chi connectivity index (χ3n) is 4.25. The van der Waals surface area contributed by atoms with E-state index in [4.69, 9.17) is 11.6 Å². The molecule has 0 heterocycles. The first-order valence-electron chi connectivity index (χ1n) is 7.60. The first-order valence-corrected chi connectivity index (χ1v) is 7.98. The smallest absolute Gasteiger partial charge is 0.315 e. The summed E-state index contributed by atoms with van der Waals surface area (Å²) >= 11 is 5.82. The van der Waals surface area contributed by atoms with E-state index < -0.39 is 0 Å². The lowest BCUT2D eigenvalue weighted by Crippen LogP contribution is -2.39. The second-order valence-corrected chi connectivity index (χ2v) is 6.36. The maximum atomic E-state index is 13.9. The minimum Gasteiger partial charge on any atom is -0.337 e. The van der Waals surface area contributed by atoms with E-state index in [1.807, 2.05) is 18.2 Å². The molecule has 3 nitrogen and oxygen atoms in total. The van der Waals surface area contributed by atoms with Crippen molar-refractivity contribution in [1.29, 1.82) is 0 Å². The van der Waals surface area contributed by atoms with Gasteiger partial charge in [0.1, 0.15) is 5.82 Å². The molecule has 0 bridgehead atoms. The number of amides is 2. The number of carbonyl (C=O) groups excluding carboxylic acids is 1. The fourth-order valence-corrected chi connectivity index (χ4v) is 2.81. The van der Waals surface area contributed by atoms with Crippen molar-refractivity contribution in [1.82, 2.24) is 10.6 Å². The molecular formula is C18H18ClFN2O. The fourth-order valence-electron chi connectivity index (χ4n) is 2.68. The van der Waals surface area contributed by atoms with Crippen LogP contribution < -0.4 is 10.6 Å². The second-order valence-electron chi connectivity index (χ2n) is 5.92. The van der Waals surface area contributed by atoms with E-state index >= 15 is 0 Å². The van der Waals surface area contributed by atoms with Crippen molar-refractivity contribution < 1.29 is 9.18 Å². The molecular weight excluding hydrogens is 315 g/mol. The largest absolute Gasteiger partial charge is 0.337 e. The van der Waals surface area contributed by atoms with E-state index in [9.17, 15) is 9.18 Å². The van der Waals surface area contributed by atoms with Gasteiger partial charge < -0.3 is 10.6 Å². The summed E-state index contributed by atoms with van der Waals surface area (Å²) in [5.74, 6) is -0.201. The van der Waals surface area contributed by atoms with Crippen molar-refractivity contribution in [2.75, 3.05) is 6.54 Å². The van der Waals surface area contributed by atoms with Crippen molar-refractivity contribution in [2.45, 2.75) is 24.8 Å². The van der Waals surface area contributed by atoms with Gasteiger partial charge in [0.15, 0.2) is 0 Å². The molecule has 0 radical (unpaired) electrons. The van der Waals surface area contributed by atoms with Crippen LogP contribution in [0.15, 0.2) is 48.5 Å². The van der Waals surface area contributed by atoms with Gasteiger partial charge in [-0.05, 0) is 42.2 Å². The summed E-state index contributed by atoms with van der Waals surface area (Å²) in [6.45, 7) is 0.871. The Morgan fingerprint density at radius 1 is 1.09 bits per heavy atom. The monoisotopic (exact) mass is 332 g/mol. The molecule has 3 rings (SSSR count). The van der Waals surface area contributed by atoms with E-state index in [0.29, 0.717) is 23.7 Å². The lowest BCUT2D eigenvalue weighted by Gasteiger charge is -2.17. The van der Waals surface area contributed by atoms with Gasteiger partial charge in [0, 0.05) is 23.5 Å². The normalized spacial score (nSPS) is 15.0. The van der Waals surface area contributed by atoms with Gasteiger partial charge in [-0.1, -0.05) is 41.9 Å². The molecule has 1 fully saturated rings. The Labute approximate surface area is 139 Å². The van der Waals surface area contributed by atoms with Crippen LogP contribution in [0.4, 0.5) is 9.18 Å². The van der Waals surface area contributed by atoms with Crippen LogP contribution in [-0.4, -0.2) is 12.6 Å². The number of urea groups is 1. The zero-order valence-electron chi connectivity index (χ0n) is 12.6. The van der Waals surface area contributed by atoms with E-state index in [-0.39, 0.29) is 17.3 Å². The predicted molar refractivity (Wildman–Crippen MR) is 89.0 cm³/mol. The Morgan fingerprint density at radius 3 is 2.43 bits per heavy atom. The number of benzene rings is 2. The standard InChI is InChI=1S/C18H18ClFN2O/c19-14-7-5-13(6-8-14)11-21-17(23)22-12-18(9-10-18)15-3-1-2-4-16(15)20/h1-8H,9-12H2,(H2,21,22,23). The minimum atomic E-state index is -0.248. The van der Waals surface area contributed by atoms with Gasteiger partial charge in [-0.3, -0.25) is 0 Å². The summed E-state index contributed by atoms with van der Waals surface area (Å²) in [5, 5.41) is 6.31. The molecule has 0 aromatic heterocycles. The van der Waals surface area contributed by atoms with Gasteiger partial charge in [-0.15, -0.1) is 0 Å². The Morgan fingerprint density at radius 2 is 1.78 bits per heavy atom. The third-order valence-corrected chi connectivity index (χ3v) is 4.50. The molecule has 0 atom stereocenters. The summed E-state index contributed by atoms with van der Waals surface area (Å²) in [7, 11) is 0. The van der Waals surface area contributed by atoms with E-state index in [1.165, 1.54) is 6.07 Å². The molecule has 2 aromatic carbocycles. The minimum absolute atomic E-state index is 0.201. The van der Waals surface area contributed by atoms with E-state index in [2.05, 4.69) is 10.6 Å². The Hall–Kier alpha value is -2.07. The summed E-state index contributed by atoms with van der Waals surface area (Å²) in [4.78, 5) is 11.9. The zero-order chi connectivity index (χ0) is 16.3. The van der Waals surface area contributed by atoms with Gasteiger partial charge in [0.05, 0.1) is 0 Å². The summed E-state index contributed by atoms with van der Waals surface area (Å²) in [6.07, 6.45) is 1.79. The second kappa shape index (κ2) is 6.59. The lowest BCUT2D eigenvalue weighted by molar-refractivity contribution is 0.239. The molecule has 120 valence electrons. The topological polar surface area (TPSA) is 41.1 Å². The summed E-state index contributed by atoms with van der Waals surface area (Å²) in [6, 6.07) is 13.8. The number of halogens is 2. The molecule has 0 saturated heterocycles. The molecule has 0 spiro atoms. The molecule has 23 heavy (non-hydrogen) atoms. The van der Waals surface area contributed by atoms with Crippen LogP contribution in [0.5, 0.6) is 0 Å². The van der Waals surface area contributed by atoms with Gasteiger partial charge in [-0.2, -0.15) is 0 Å². The highest BCUT2D eigenvalue weighted by atomic mass is 35.5. The number of carbonyl (C=O) groups is 1. The molecule has 5 heteroatoms. The van der Waals surface area contributed by atoms with E-state index in [1.54, 1.807) is 24.3 Å². The Balaban J connectivity index is 1.51. The van der Waals surface area contributed by atoms with Crippen molar-refractivity contribution in [3.63, 3.8) is 0 Å². The molecule has 0 unspecified atom stereocenters. The summed E-state index contributed by atoms with van der Waals surface area (Å²) < 4.78 is 13.9. The van der Waals surface area contributed by atoms with Crippen LogP contribution in [0.1, 0.15) is 24.0 Å². The average molecular weight is 333 g/mol. The highest BCUT2D eigenvalue weighted by Crippen LogP contribution is 2.48. The maximum Gasteiger partial charge on any atom is 0.315 e. The third kappa shape index (κ3) is 3.82. The van der Waals surface area contributed by atoms with Crippen LogP contribution in [0.3, 0.4) is 0 Å². The van der Waals surface area contributed by atoms with Crippen LogP contribution in [-0.2, 0) is 12.0 Å². The highest BCUT2D eigenvalue weighted by molar-refractivity contribution is 6.30. The lowest BCUT2D eigenvalue weighted by atomic mass is 9.95. The quantitative estimate of drug-likeness (QED) is 0.853. The zero-order valence-corrected chi connectivity index (χ0v) is 13.4. The number of hydrogen-bond donors (Lipinski definition) is 2. The predicted octanol–water partition coefficient (Wildman–Crippen LogP) is 4.01. The number of hydrogen-bond acceptors (Lipinski definition) is 1. The number of rotatable bonds is 5. The van der Waals surface area contributed by atoms with Crippen molar-refractivity contribution in [3.05, 3.63) is 70.5 Å². The molecule has 1 aliphatic rings. The summed E-state index contributed by atoms with van der Waals surface area (Å²) in [5.41, 5.74) is 1.42. The van der Waals surface area contributed by atoms with Gasteiger partial charge in [0.2, 0.25) is 0 Å². The first kappa shape index (κ1) is 15.8. The molecule has 1 aliphatic carbocycles. The Kier molecular flexibility index (Phi) is 4.53. The maximum absolute atomic E-state index is 13.9. The molecule has 1 saturated carbocycles. The van der Waals surface area contributed by atoms with Gasteiger partial charge in [0.25, 0.3) is 0 Å². The molecule has 2 N–H and O–H groups in total. The van der Waals surface area contributed by atoms with Crippen LogP contribution in [0.2, 0.25) is 5.02 Å². The van der Waals surface area contributed by atoms with Crippen LogP contribution >= 0.6 is 11.6 Å². The van der Waals surface area contributed by atoms with Crippen LogP contribution in [0.25, 0.3) is 0 Å². The highest BCUT2D eigenvalue weighted by Gasteiger charge is 2.45. The van der Waals surface area contributed by atoms with Crippen molar-refractivity contribution >= 4 is 17.6 Å². The van der Waals surface area contributed by atoms with E-state index in [0.717, 1.165) is 18.4 Å². The van der Waals surface area contributed by atoms with Crippen molar-refractivity contribution in [3.8, 4) is 0 Å². The number of nitrogens with one attached hydrogen (secondary N) is 2. The van der Waals surface area contributed by atoms with Crippen LogP contribution in [0, 0.1) is 5.82 Å². The Bertz CT molecular complexity index is 698. The SMILES string of the molecule is O=C(NCc1ccc(Cl)cc1)NCC1(c2ccccc2F)CC1. The molecule has 2 aromatic rings. The van der Waals surface area contributed by atoms with Gasteiger partial charge >= 0.3 is 6.03 Å². The van der Waals surface area contributed by atoms with Crippen molar-refractivity contribution in [2.24, 2.45) is 0 Å². The molecule has 2 amide bonds. The fraction of sp³-hybridized carbons (Fsp3) is 0.278.